The highest BCUT2D eigenvalue weighted by atomic mass is 16.5. The Labute approximate surface area is 155 Å². The zero-order valence-corrected chi connectivity index (χ0v) is 15.3. The van der Waals surface area contributed by atoms with Gasteiger partial charge in [-0.15, -0.1) is 0 Å². The third-order valence-electron chi connectivity index (χ3n) is 4.52. The van der Waals surface area contributed by atoms with Crippen LogP contribution >= 0.6 is 0 Å². The minimum Gasteiger partial charge on any atom is -0.379 e. The lowest BCUT2D eigenvalue weighted by Gasteiger charge is -2.26. The molecule has 1 fully saturated rings. The molecule has 3 heterocycles. The van der Waals surface area contributed by atoms with Crippen LogP contribution in [0.1, 0.15) is 11.1 Å². The maximum atomic E-state index is 5.89. The van der Waals surface area contributed by atoms with E-state index < -0.39 is 0 Å². The molecular formula is C20H28N4O2. The quantitative estimate of drug-likeness (QED) is 0.833. The van der Waals surface area contributed by atoms with Gasteiger partial charge in [-0.05, 0) is 35.4 Å². The molecule has 0 N–H and O–H groups in total. The van der Waals surface area contributed by atoms with Gasteiger partial charge in [0.1, 0.15) is 0 Å². The summed E-state index contributed by atoms with van der Waals surface area (Å²) in [7, 11) is 0. The highest BCUT2D eigenvalue weighted by molar-refractivity contribution is 5.10. The highest BCUT2D eigenvalue weighted by Crippen LogP contribution is 2.06. The molecule has 2 aromatic heterocycles. The zero-order valence-electron chi connectivity index (χ0n) is 15.3. The van der Waals surface area contributed by atoms with Crippen molar-refractivity contribution in [1.82, 2.24) is 19.8 Å². The fourth-order valence-corrected chi connectivity index (χ4v) is 3.01. The lowest BCUT2D eigenvalue weighted by Crippen LogP contribution is -2.35. The summed E-state index contributed by atoms with van der Waals surface area (Å²) in [6.07, 6.45) is 7.37. The van der Waals surface area contributed by atoms with Crippen molar-refractivity contribution >= 4 is 0 Å². The Morgan fingerprint density at radius 1 is 0.615 bits per heavy atom. The Kier molecular flexibility index (Phi) is 7.99. The number of hydrogen-bond acceptors (Lipinski definition) is 6. The zero-order chi connectivity index (χ0) is 17.9. The third kappa shape index (κ3) is 6.80. The summed E-state index contributed by atoms with van der Waals surface area (Å²) in [4.78, 5) is 12.9. The van der Waals surface area contributed by atoms with Crippen LogP contribution in [0, 0.1) is 0 Å². The number of pyridine rings is 2. The largest absolute Gasteiger partial charge is 0.379 e. The van der Waals surface area contributed by atoms with E-state index in [1.807, 2.05) is 24.8 Å². The standard InChI is InChI=1S/C20H28N4O2/c1-5-21-6-2-19(1)17-23-9-13-25-15-11-24(12-16-26-14-10-23)18-20-3-7-22-8-4-20/h1-8H,9-18H2. The van der Waals surface area contributed by atoms with Gasteiger partial charge in [0.15, 0.2) is 0 Å². The van der Waals surface area contributed by atoms with Gasteiger partial charge in [0.25, 0.3) is 0 Å². The Bertz CT molecular complexity index is 544. The minimum absolute atomic E-state index is 0.744. The molecule has 0 spiro atoms. The summed E-state index contributed by atoms with van der Waals surface area (Å²) >= 11 is 0. The molecule has 2 aromatic rings. The molecule has 0 amide bonds. The predicted octanol–water partition coefficient (Wildman–Crippen LogP) is 1.83. The molecule has 6 nitrogen and oxygen atoms in total. The first-order valence-corrected chi connectivity index (χ1v) is 9.28. The second kappa shape index (κ2) is 11.0. The smallest absolute Gasteiger partial charge is 0.0594 e. The molecule has 0 aliphatic carbocycles. The van der Waals surface area contributed by atoms with Crippen molar-refractivity contribution in [3.8, 4) is 0 Å². The Morgan fingerprint density at radius 3 is 1.31 bits per heavy atom. The van der Waals surface area contributed by atoms with Gasteiger partial charge in [-0.2, -0.15) is 0 Å². The second-order valence-electron chi connectivity index (χ2n) is 6.49. The molecule has 0 atom stereocenters. The van der Waals surface area contributed by atoms with Gasteiger partial charge >= 0.3 is 0 Å². The van der Waals surface area contributed by atoms with Gasteiger partial charge in [-0.25, -0.2) is 0 Å². The van der Waals surface area contributed by atoms with Gasteiger partial charge < -0.3 is 9.47 Å². The van der Waals surface area contributed by atoms with Gasteiger partial charge in [0.2, 0.25) is 0 Å². The number of hydrogen-bond donors (Lipinski definition) is 0. The average molecular weight is 356 g/mol. The van der Waals surface area contributed by atoms with Crippen LogP contribution in [-0.4, -0.2) is 72.4 Å². The molecule has 3 rings (SSSR count). The summed E-state index contributed by atoms with van der Waals surface area (Å²) in [5, 5.41) is 0. The van der Waals surface area contributed by atoms with Crippen LogP contribution in [0.2, 0.25) is 0 Å². The third-order valence-corrected chi connectivity index (χ3v) is 4.52. The van der Waals surface area contributed by atoms with E-state index in [1.165, 1.54) is 11.1 Å². The summed E-state index contributed by atoms with van der Waals surface area (Å²) in [6, 6.07) is 8.26. The first-order chi connectivity index (χ1) is 12.9. The molecule has 1 saturated heterocycles. The van der Waals surface area contributed by atoms with Gasteiger partial charge in [0, 0.05) is 64.1 Å². The number of aromatic nitrogens is 2. The van der Waals surface area contributed by atoms with Crippen LogP contribution in [0.15, 0.2) is 49.1 Å². The van der Waals surface area contributed by atoms with E-state index in [9.17, 15) is 0 Å². The SMILES string of the molecule is c1cc(CN2CCOCCN(Cc3ccncc3)CCOCC2)ccn1. The minimum atomic E-state index is 0.744. The van der Waals surface area contributed by atoms with Crippen molar-refractivity contribution in [2.75, 3.05) is 52.6 Å². The van der Waals surface area contributed by atoms with Crippen molar-refractivity contribution in [2.45, 2.75) is 13.1 Å². The fourth-order valence-electron chi connectivity index (χ4n) is 3.01. The lowest BCUT2D eigenvalue weighted by molar-refractivity contribution is 0.0342. The monoisotopic (exact) mass is 356 g/mol. The number of rotatable bonds is 4. The van der Waals surface area contributed by atoms with Crippen LogP contribution in [0.4, 0.5) is 0 Å². The van der Waals surface area contributed by atoms with E-state index in [1.54, 1.807) is 0 Å². The second-order valence-corrected chi connectivity index (χ2v) is 6.49. The van der Waals surface area contributed by atoms with Gasteiger partial charge in [0.05, 0.1) is 26.4 Å². The maximum absolute atomic E-state index is 5.89. The van der Waals surface area contributed by atoms with E-state index >= 15 is 0 Å². The van der Waals surface area contributed by atoms with E-state index in [0.717, 1.165) is 65.7 Å². The Hall–Kier alpha value is -1.86. The summed E-state index contributed by atoms with van der Waals surface area (Å²) < 4.78 is 11.8. The van der Waals surface area contributed by atoms with Crippen LogP contribution < -0.4 is 0 Å². The van der Waals surface area contributed by atoms with Crippen molar-refractivity contribution in [3.63, 3.8) is 0 Å². The van der Waals surface area contributed by atoms with E-state index in [-0.39, 0.29) is 0 Å². The lowest BCUT2D eigenvalue weighted by atomic mass is 10.2. The molecule has 1 aliphatic heterocycles. The molecule has 0 radical (unpaired) electrons. The van der Waals surface area contributed by atoms with Crippen LogP contribution in [0.5, 0.6) is 0 Å². The molecule has 140 valence electrons. The molecule has 0 saturated carbocycles. The van der Waals surface area contributed by atoms with Gasteiger partial charge in [-0.1, -0.05) is 0 Å². The van der Waals surface area contributed by atoms with Crippen molar-refractivity contribution in [2.24, 2.45) is 0 Å². The highest BCUT2D eigenvalue weighted by Gasteiger charge is 2.10. The fraction of sp³-hybridized carbons (Fsp3) is 0.500. The van der Waals surface area contributed by atoms with Crippen molar-refractivity contribution in [1.29, 1.82) is 0 Å². The van der Waals surface area contributed by atoms with Crippen molar-refractivity contribution in [3.05, 3.63) is 60.2 Å². The van der Waals surface area contributed by atoms with Gasteiger partial charge in [-0.3, -0.25) is 19.8 Å². The molecule has 0 aromatic carbocycles. The first-order valence-electron chi connectivity index (χ1n) is 9.28. The Morgan fingerprint density at radius 2 is 0.962 bits per heavy atom. The normalized spacial score (nSPS) is 18.8. The molecule has 26 heavy (non-hydrogen) atoms. The Balaban J connectivity index is 1.46. The van der Waals surface area contributed by atoms with Crippen LogP contribution in [0.3, 0.4) is 0 Å². The summed E-state index contributed by atoms with van der Waals surface area (Å²) in [5.74, 6) is 0. The molecule has 6 heteroatoms. The topological polar surface area (TPSA) is 50.7 Å². The molecule has 1 aliphatic rings. The van der Waals surface area contributed by atoms with E-state index in [2.05, 4.69) is 44.0 Å². The maximum Gasteiger partial charge on any atom is 0.0594 e. The molecular weight excluding hydrogens is 328 g/mol. The first kappa shape index (κ1) is 18.9. The van der Waals surface area contributed by atoms with E-state index in [4.69, 9.17) is 9.47 Å². The van der Waals surface area contributed by atoms with Crippen LogP contribution in [0.25, 0.3) is 0 Å². The summed E-state index contributed by atoms with van der Waals surface area (Å²) in [6.45, 7) is 8.44. The molecule has 0 bridgehead atoms. The molecule has 0 unspecified atom stereocenters. The van der Waals surface area contributed by atoms with Crippen LogP contribution in [-0.2, 0) is 22.6 Å². The number of ether oxygens (including phenoxy) is 2. The summed E-state index contributed by atoms with van der Waals surface area (Å²) in [5.41, 5.74) is 2.55. The van der Waals surface area contributed by atoms with Crippen molar-refractivity contribution < 1.29 is 9.47 Å². The predicted molar refractivity (Wildman–Crippen MR) is 101 cm³/mol. The van der Waals surface area contributed by atoms with E-state index in [0.29, 0.717) is 0 Å². The number of nitrogens with zero attached hydrogens (tertiary/aromatic N) is 4. The average Bonchev–Trinajstić information content (AvgIpc) is 2.67.